The molecule has 5 nitrogen and oxygen atoms in total. The summed E-state index contributed by atoms with van der Waals surface area (Å²) in [7, 11) is -2.96. The van der Waals surface area contributed by atoms with E-state index in [1.807, 2.05) is 6.92 Å². The van der Waals surface area contributed by atoms with Gasteiger partial charge in [-0.05, 0) is 6.42 Å². The van der Waals surface area contributed by atoms with Gasteiger partial charge < -0.3 is 5.11 Å². The zero-order valence-electron chi connectivity index (χ0n) is 9.68. The first-order valence-corrected chi connectivity index (χ1v) is 7.21. The van der Waals surface area contributed by atoms with Gasteiger partial charge in [-0.1, -0.05) is 13.8 Å². The van der Waals surface area contributed by atoms with Crippen molar-refractivity contribution in [1.82, 2.24) is 9.78 Å². The first-order valence-electron chi connectivity index (χ1n) is 5.38. The highest BCUT2D eigenvalue weighted by molar-refractivity contribution is 7.91. The van der Waals surface area contributed by atoms with E-state index in [1.54, 1.807) is 17.8 Å². The van der Waals surface area contributed by atoms with E-state index in [-0.39, 0.29) is 18.1 Å². The van der Waals surface area contributed by atoms with E-state index in [4.69, 9.17) is 5.11 Å². The Morgan fingerprint density at radius 2 is 2.12 bits per heavy atom. The third kappa shape index (κ3) is 3.05. The van der Waals surface area contributed by atoms with Crippen LogP contribution in [-0.2, 0) is 29.4 Å². The average molecular weight is 246 g/mol. The summed E-state index contributed by atoms with van der Waals surface area (Å²) < 4.78 is 24.4. The molecular formula is C10H18N2O3S. The van der Waals surface area contributed by atoms with E-state index >= 15 is 0 Å². The number of aliphatic hydroxyl groups excluding tert-OH is 1. The van der Waals surface area contributed by atoms with Crippen LogP contribution in [0, 0.1) is 0 Å². The second-order valence-electron chi connectivity index (χ2n) is 3.59. The number of aryl methyl sites for hydroxylation is 1. The quantitative estimate of drug-likeness (QED) is 0.787. The van der Waals surface area contributed by atoms with Crippen LogP contribution in [0.1, 0.15) is 25.1 Å². The molecule has 0 aromatic carbocycles. The van der Waals surface area contributed by atoms with Gasteiger partial charge in [-0.2, -0.15) is 5.10 Å². The lowest BCUT2D eigenvalue weighted by molar-refractivity contribution is 0.280. The molecule has 0 fully saturated rings. The molecule has 1 N–H and O–H groups in total. The van der Waals surface area contributed by atoms with Gasteiger partial charge in [-0.3, -0.25) is 4.68 Å². The van der Waals surface area contributed by atoms with Crippen LogP contribution < -0.4 is 0 Å². The molecule has 92 valence electrons. The van der Waals surface area contributed by atoms with E-state index in [2.05, 4.69) is 5.10 Å². The molecule has 0 saturated carbocycles. The van der Waals surface area contributed by atoms with Crippen molar-refractivity contribution in [2.45, 2.75) is 33.4 Å². The van der Waals surface area contributed by atoms with Gasteiger partial charge in [0.1, 0.15) is 0 Å². The van der Waals surface area contributed by atoms with Gasteiger partial charge in [0.25, 0.3) is 0 Å². The second kappa shape index (κ2) is 5.45. The van der Waals surface area contributed by atoms with Crippen LogP contribution >= 0.6 is 0 Å². The standard InChI is InChI=1S/C10H18N2O3S/c1-3-10-9(8-13)7-11-12(10)5-6-16(14,15)4-2/h7,13H,3-6,8H2,1-2H3. The number of aromatic nitrogens is 2. The summed E-state index contributed by atoms with van der Waals surface area (Å²) in [6.07, 6.45) is 2.33. The molecule has 6 heteroatoms. The van der Waals surface area contributed by atoms with E-state index in [1.165, 1.54) is 0 Å². The third-order valence-corrected chi connectivity index (χ3v) is 4.28. The maximum Gasteiger partial charge on any atom is 0.151 e. The van der Waals surface area contributed by atoms with Crippen molar-refractivity contribution < 1.29 is 13.5 Å². The molecule has 1 rings (SSSR count). The fourth-order valence-electron chi connectivity index (χ4n) is 1.55. The highest BCUT2D eigenvalue weighted by Gasteiger charge is 2.12. The number of hydrogen-bond donors (Lipinski definition) is 1. The second-order valence-corrected chi connectivity index (χ2v) is 6.06. The molecule has 0 spiro atoms. The summed E-state index contributed by atoms with van der Waals surface area (Å²) in [5.41, 5.74) is 1.69. The average Bonchev–Trinajstić information content (AvgIpc) is 2.68. The molecule has 0 aliphatic carbocycles. The van der Waals surface area contributed by atoms with Gasteiger partial charge in [0.05, 0.1) is 25.1 Å². The number of nitrogens with zero attached hydrogens (tertiary/aromatic N) is 2. The van der Waals surface area contributed by atoms with Gasteiger partial charge in [0.2, 0.25) is 0 Å². The molecule has 0 amide bonds. The van der Waals surface area contributed by atoms with Crippen LogP contribution in [0.5, 0.6) is 0 Å². The van der Waals surface area contributed by atoms with Crippen LogP contribution in [-0.4, -0.2) is 34.8 Å². The monoisotopic (exact) mass is 246 g/mol. The fourth-order valence-corrected chi connectivity index (χ4v) is 2.29. The van der Waals surface area contributed by atoms with Gasteiger partial charge in [0.15, 0.2) is 9.84 Å². The molecule has 0 atom stereocenters. The molecule has 1 heterocycles. The Balaban J connectivity index is 2.78. The summed E-state index contributed by atoms with van der Waals surface area (Å²) in [5.74, 6) is 0.256. The normalized spacial score (nSPS) is 11.9. The highest BCUT2D eigenvalue weighted by Crippen LogP contribution is 2.09. The summed E-state index contributed by atoms with van der Waals surface area (Å²) in [5, 5.41) is 13.2. The molecular weight excluding hydrogens is 228 g/mol. The minimum Gasteiger partial charge on any atom is -0.392 e. The Hall–Kier alpha value is -0.880. The van der Waals surface area contributed by atoms with Crippen LogP contribution in [0.4, 0.5) is 0 Å². The SMILES string of the molecule is CCc1c(CO)cnn1CCS(=O)(=O)CC. The molecule has 0 unspecified atom stereocenters. The largest absolute Gasteiger partial charge is 0.392 e. The summed E-state index contributed by atoms with van der Waals surface area (Å²) >= 11 is 0. The van der Waals surface area contributed by atoms with Gasteiger partial charge in [0, 0.05) is 17.0 Å². The molecule has 16 heavy (non-hydrogen) atoms. The van der Waals surface area contributed by atoms with Crippen molar-refractivity contribution in [1.29, 1.82) is 0 Å². The van der Waals surface area contributed by atoms with Gasteiger partial charge >= 0.3 is 0 Å². The lowest BCUT2D eigenvalue weighted by Crippen LogP contribution is -2.17. The number of sulfone groups is 1. The van der Waals surface area contributed by atoms with E-state index < -0.39 is 9.84 Å². The number of aliphatic hydroxyl groups is 1. The maximum absolute atomic E-state index is 11.4. The topological polar surface area (TPSA) is 72.2 Å². The van der Waals surface area contributed by atoms with Crippen molar-refractivity contribution >= 4 is 9.84 Å². The van der Waals surface area contributed by atoms with Crippen molar-refractivity contribution in [2.24, 2.45) is 0 Å². The molecule has 0 radical (unpaired) electrons. The first kappa shape index (κ1) is 13.2. The van der Waals surface area contributed by atoms with Crippen LogP contribution in [0.3, 0.4) is 0 Å². The Labute approximate surface area is 96.0 Å². The van der Waals surface area contributed by atoms with Crippen LogP contribution in [0.15, 0.2) is 6.20 Å². The van der Waals surface area contributed by atoms with Gasteiger partial charge in [-0.15, -0.1) is 0 Å². The van der Waals surface area contributed by atoms with Crippen LogP contribution in [0.25, 0.3) is 0 Å². The van der Waals surface area contributed by atoms with E-state index in [0.717, 1.165) is 17.7 Å². The molecule has 0 bridgehead atoms. The minimum atomic E-state index is -2.96. The number of hydrogen-bond acceptors (Lipinski definition) is 4. The predicted octanol–water partition coefficient (Wildman–Crippen LogP) is 0.372. The van der Waals surface area contributed by atoms with E-state index in [0.29, 0.717) is 6.54 Å². The Morgan fingerprint density at radius 1 is 1.44 bits per heavy atom. The zero-order chi connectivity index (χ0) is 12.2. The van der Waals surface area contributed by atoms with Crippen molar-refractivity contribution in [3.63, 3.8) is 0 Å². The Bertz CT molecular complexity index is 437. The molecule has 0 aliphatic rings. The Kier molecular flexibility index (Phi) is 4.49. The van der Waals surface area contributed by atoms with Crippen molar-refractivity contribution in [3.05, 3.63) is 17.5 Å². The zero-order valence-corrected chi connectivity index (χ0v) is 10.5. The summed E-state index contributed by atoms with van der Waals surface area (Å²) in [4.78, 5) is 0. The van der Waals surface area contributed by atoms with Gasteiger partial charge in [-0.25, -0.2) is 8.42 Å². The lowest BCUT2D eigenvalue weighted by Gasteiger charge is -2.07. The first-order chi connectivity index (χ1) is 7.54. The third-order valence-electron chi connectivity index (χ3n) is 2.59. The molecule has 1 aromatic heterocycles. The summed E-state index contributed by atoms with van der Waals surface area (Å²) in [6, 6.07) is 0. The maximum atomic E-state index is 11.4. The Morgan fingerprint density at radius 3 is 2.62 bits per heavy atom. The van der Waals surface area contributed by atoms with E-state index in [9.17, 15) is 8.42 Å². The number of rotatable bonds is 6. The smallest absolute Gasteiger partial charge is 0.151 e. The minimum absolute atomic E-state index is 0.0519. The van der Waals surface area contributed by atoms with Crippen molar-refractivity contribution in [2.75, 3.05) is 11.5 Å². The van der Waals surface area contributed by atoms with Crippen LogP contribution in [0.2, 0.25) is 0 Å². The predicted molar refractivity (Wildman–Crippen MR) is 61.9 cm³/mol. The van der Waals surface area contributed by atoms with Crippen molar-refractivity contribution in [3.8, 4) is 0 Å². The molecule has 0 aliphatic heterocycles. The fraction of sp³-hybridized carbons (Fsp3) is 0.700. The summed E-state index contributed by atoms with van der Waals surface area (Å²) in [6.45, 7) is 3.91. The molecule has 0 saturated heterocycles. The highest BCUT2D eigenvalue weighted by atomic mass is 32.2. The lowest BCUT2D eigenvalue weighted by atomic mass is 10.2. The molecule has 1 aromatic rings.